The Morgan fingerprint density at radius 1 is 1.28 bits per heavy atom. The Bertz CT molecular complexity index is 995. The molecule has 2 aromatic heterocycles. The minimum atomic E-state index is -0.512. The van der Waals surface area contributed by atoms with Crippen molar-refractivity contribution in [3.05, 3.63) is 51.6 Å². The zero-order chi connectivity index (χ0) is 17.8. The highest BCUT2D eigenvalue weighted by atomic mass is 32.1. The minimum Gasteiger partial charge on any atom is -0.462 e. The standard InChI is InChI=1S/C16H14N4O4S/c1-2-24-16(23)11-7-8-25-14(11)17-13(21)9-20-15(22)10-5-3-4-6-12(10)18-19-20/h3-8H,2,9H2,1H3,(H,17,21). The zero-order valence-electron chi connectivity index (χ0n) is 13.3. The number of carbonyl (C=O) groups excluding carboxylic acids is 2. The van der Waals surface area contributed by atoms with Gasteiger partial charge in [0.2, 0.25) is 5.91 Å². The smallest absolute Gasteiger partial charge is 0.341 e. The summed E-state index contributed by atoms with van der Waals surface area (Å²) >= 11 is 1.19. The first-order valence-corrected chi connectivity index (χ1v) is 8.35. The Morgan fingerprint density at radius 3 is 2.88 bits per heavy atom. The van der Waals surface area contributed by atoms with Gasteiger partial charge in [-0.1, -0.05) is 17.3 Å². The highest BCUT2D eigenvalue weighted by Gasteiger charge is 2.17. The van der Waals surface area contributed by atoms with E-state index in [2.05, 4.69) is 15.6 Å². The van der Waals surface area contributed by atoms with E-state index >= 15 is 0 Å². The molecule has 0 aliphatic rings. The van der Waals surface area contributed by atoms with E-state index in [1.54, 1.807) is 42.6 Å². The summed E-state index contributed by atoms with van der Waals surface area (Å²) in [4.78, 5) is 36.4. The van der Waals surface area contributed by atoms with Gasteiger partial charge in [-0.05, 0) is 30.5 Å². The van der Waals surface area contributed by atoms with Gasteiger partial charge in [0, 0.05) is 0 Å². The van der Waals surface area contributed by atoms with Crippen LogP contribution in [0.5, 0.6) is 0 Å². The predicted octanol–water partition coefficient (Wildman–Crippen LogP) is 1.67. The van der Waals surface area contributed by atoms with Gasteiger partial charge >= 0.3 is 5.97 Å². The van der Waals surface area contributed by atoms with E-state index < -0.39 is 17.4 Å². The van der Waals surface area contributed by atoms with Crippen LogP contribution in [0.25, 0.3) is 10.9 Å². The molecule has 0 radical (unpaired) electrons. The van der Waals surface area contributed by atoms with Crippen LogP contribution < -0.4 is 10.9 Å². The summed E-state index contributed by atoms with van der Waals surface area (Å²) in [5.41, 5.74) is 0.335. The van der Waals surface area contributed by atoms with E-state index in [0.29, 0.717) is 15.9 Å². The number of amides is 1. The number of hydrogen-bond donors (Lipinski definition) is 1. The number of ether oxygens (including phenoxy) is 1. The van der Waals surface area contributed by atoms with E-state index in [0.717, 1.165) is 4.68 Å². The van der Waals surface area contributed by atoms with Gasteiger partial charge in [-0.2, -0.15) is 0 Å². The number of aromatic nitrogens is 3. The highest BCUT2D eigenvalue weighted by Crippen LogP contribution is 2.24. The third-order valence-electron chi connectivity index (χ3n) is 3.34. The van der Waals surface area contributed by atoms with Crippen molar-refractivity contribution in [3.63, 3.8) is 0 Å². The first-order chi connectivity index (χ1) is 12.1. The molecule has 3 rings (SSSR count). The largest absolute Gasteiger partial charge is 0.462 e. The summed E-state index contributed by atoms with van der Waals surface area (Å²) in [7, 11) is 0. The molecule has 25 heavy (non-hydrogen) atoms. The maximum Gasteiger partial charge on any atom is 0.341 e. The van der Waals surface area contributed by atoms with Gasteiger partial charge in [-0.25, -0.2) is 9.48 Å². The molecule has 8 nitrogen and oxygen atoms in total. The molecule has 0 atom stereocenters. The summed E-state index contributed by atoms with van der Waals surface area (Å²) in [5.74, 6) is -0.999. The molecule has 0 unspecified atom stereocenters. The fourth-order valence-corrected chi connectivity index (χ4v) is 3.00. The molecule has 0 bridgehead atoms. The van der Waals surface area contributed by atoms with Gasteiger partial charge in [0.25, 0.3) is 5.56 Å². The molecule has 0 spiro atoms. The van der Waals surface area contributed by atoms with E-state index in [-0.39, 0.29) is 18.7 Å². The number of rotatable bonds is 5. The predicted molar refractivity (Wildman–Crippen MR) is 92.7 cm³/mol. The Kier molecular flexibility index (Phi) is 4.85. The molecule has 0 saturated carbocycles. The number of esters is 1. The molecule has 2 heterocycles. The summed E-state index contributed by atoms with van der Waals surface area (Å²) in [5, 5.41) is 12.7. The SMILES string of the molecule is CCOC(=O)c1ccsc1NC(=O)Cn1nnc2ccccc2c1=O. The highest BCUT2D eigenvalue weighted by molar-refractivity contribution is 7.14. The van der Waals surface area contributed by atoms with Crippen LogP contribution in [-0.4, -0.2) is 33.5 Å². The van der Waals surface area contributed by atoms with Gasteiger partial charge in [-0.3, -0.25) is 9.59 Å². The first-order valence-electron chi connectivity index (χ1n) is 7.47. The average Bonchev–Trinajstić information content (AvgIpc) is 3.06. The Labute approximate surface area is 146 Å². The number of nitrogens with zero attached hydrogens (tertiary/aromatic N) is 3. The Morgan fingerprint density at radius 2 is 2.08 bits per heavy atom. The quantitative estimate of drug-likeness (QED) is 0.696. The molecular formula is C16H14N4O4S. The molecule has 0 fully saturated rings. The van der Waals surface area contributed by atoms with Crippen molar-refractivity contribution in [1.29, 1.82) is 0 Å². The zero-order valence-corrected chi connectivity index (χ0v) is 14.1. The molecule has 0 aliphatic heterocycles. The van der Waals surface area contributed by atoms with Crippen LogP contribution >= 0.6 is 11.3 Å². The van der Waals surface area contributed by atoms with Crippen molar-refractivity contribution < 1.29 is 14.3 Å². The Hall–Kier alpha value is -3.07. The summed E-state index contributed by atoms with van der Waals surface area (Å²) in [6.07, 6.45) is 0. The van der Waals surface area contributed by atoms with Crippen LogP contribution in [0.3, 0.4) is 0 Å². The second kappa shape index (κ2) is 7.22. The molecule has 0 aliphatic carbocycles. The van der Waals surface area contributed by atoms with Crippen molar-refractivity contribution in [1.82, 2.24) is 15.0 Å². The first kappa shape index (κ1) is 16.8. The average molecular weight is 358 g/mol. The molecule has 1 aromatic carbocycles. The maximum atomic E-state index is 12.3. The van der Waals surface area contributed by atoms with Crippen LogP contribution in [0.4, 0.5) is 5.00 Å². The van der Waals surface area contributed by atoms with Gasteiger partial charge in [0.15, 0.2) is 0 Å². The number of fused-ring (bicyclic) bond motifs is 1. The second-order valence-corrected chi connectivity index (χ2v) is 5.92. The molecular weight excluding hydrogens is 344 g/mol. The number of benzene rings is 1. The van der Waals surface area contributed by atoms with E-state index in [1.807, 2.05) is 0 Å². The normalized spacial score (nSPS) is 10.6. The third-order valence-corrected chi connectivity index (χ3v) is 4.17. The lowest BCUT2D eigenvalue weighted by molar-refractivity contribution is -0.117. The molecule has 9 heteroatoms. The Balaban J connectivity index is 1.78. The number of hydrogen-bond acceptors (Lipinski definition) is 7. The topological polar surface area (TPSA) is 103 Å². The lowest BCUT2D eigenvalue weighted by Gasteiger charge is -2.07. The summed E-state index contributed by atoms with van der Waals surface area (Å²) < 4.78 is 5.91. The molecule has 1 amide bonds. The number of nitrogens with one attached hydrogen (secondary N) is 1. The van der Waals surface area contributed by atoms with E-state index in [9.17, 15) is 14.4 Å². The summed E-state index contributed by atoms with van der Waals surface area (Å²) in [6.45, 7) is 1.63. The fourth-order valence-electron chi connectivity index (χ4n) is 2.20. The van der Waals surface area contributed by atoms with Crippen LogP contribution in [0.15, 0.2) is 40.5 Å². The molecule has 128 valence electrons. The maximum absolute atomic E-state index is 12.3. The van der Waals surface area contributed by atoms with Crippen molar-refractivity contribution in [2.75, 3.05) is 11.9 Å². The second-order valence-electron chi connectivity index (χ2n) is 5.00. The van der Waals surface area contributed by atoms with Crippen LogP contribution in [0, 0.1) is 0 Å². The number of carbonyl (C=O) groups is 2. The van der Waals surface area contributed by atoms with E-state index in [4.69, 9.17) is 4.74 Å². The van der Waals surface area contributed by atoms with Crippen molar-refractivity contribution in [2.24, 2.45) is 0 Å². The fraction of sp³-hybridized carbons (Fsp3) is 0.188. The van der Waals surface area contributed by atoms with Crippen LogP contribution in [-0.2, 0) is 16.1 Å². The van der Waals surface area contributed by atoms with Crippen molar-refractivity contribution >= 4 is 39.1 Å². The van der Waals surface area contributed by atoms with Crippen molar-refractivity contribution in [3.8, 4) is 0 Å². The molecule has 1 N–H and O–H groups in total. The van der Waals surface area contributed by atoms with Crippen molar-refractivity contribution in [2.45, 2.75) is 13.5 Å². The third kappa shape index (κ3) is 3.56. The van der Waals surface area contributed by atoms with Gasteiger partial charge < -0.3 is 10.1 Å². The lowest BCUT2D eigenvalue weighted by atomic mass is 10.2. The number of thiophene rings is 1. The molecule has 3 aromatic rings. The van der Waals surface area contributed by atoms with Gasteiger partial charge in [-0.15, -0.1) is 16.4 Å². The lowest BCUT2D eigenvalue weighted by Crippen LogP contribution is -2.30. The summed E-state index contributed by atoms with van der Waals surface area (Å²) in [6, 6.07) is 8.33. The number of anilines is 1. The van der Waals surface area contributed by atoms with Crippen LogP contribution in [0.1, 0.15) is 17.3 Å². The van der Waals surface area contributed by atoms with E-state index in [1.165, 1.54) is 11.3 Å². The van der Waals surface area contributed by atoms with Crippen LogP contribution in [0.2, 0.25) is 0 Å². The van der Waals surface area contributed by atoms with Gasteiger partial charge in [0.1, 0.15) is 17.1 Å². The monoisotopic (exact) mass is 358 g/mol. The molecule has 0 saturated heterocycles. The van der Waals surface area contributed by atoms with Gasteiger partial charge in [0.05, 0.1) is 17.6 Å². The minimum absolute atomic E-state index is 0.240.